The summed E-state index contributed by atoms with van der Waals surface area (Å²) in [5.41, 5.74) is 0. The number of carbonyl (C=O) groups excluding carboxylic acids is 1. The summed E-state index contributed by atoms with van der Waals surface area (Å²) in [4.78, 5) is 13.9. The van der Waals surface area contributed by atoms with Crippen LogP contribution < -0.4 is 5.32 Å². The van der Waals surface area contributed by atoms with E-state index in [0.717, 1.165) is 31.8 Å². The van der Waals surface area contributed by atoms with E-state index in [1.165, 1.54) is 25.9 Å². The molecule has 1 rings (SSSR count). The molecule has 1 aliphatic heterocycles. The third-order valence-electron chi connectivity index (χ3n) is 3.41. The Hall–Kier alpha value is -0.280. The van der Waals surface area contributed by atoms with E-state index in [4.69, 9.17) is 11.6 Å². The number of halogens is 1. The Kier molecular flexibility index (Phi) is 7.62. The molecule has 0 aliphatic carbocycles. The third kappa shape index (κ3) is 6.89. The van der Waals surface area contributed by atoms with Crippen molar-refractivity contribution in [3.63, 3.8) is 0 Å². The second kappa shape index (κ2) is 8.76. The lowest BCUT2D eigenvalue weighted by molar-refractivity contribution is -0.121. The summed E-state index contributed by atoms with van der Waals surface area (Å²) in [6.45, 7) is 6.46. The molecule has 0 aromatic carbocycles. The highest BCUT2D eigenvalue weighted by atomic mass is 35.5. The first-order valence-electron chi connectivity index (χ1n) is 6.77. The molecule has 0 atom stereocenters. The fourth-order valence-electron chi connectivity index (χ4n) is 2.11. The maximum absolute atomic E-state index is 11.4. The SMILES string of the molecule is CC1CCN(CCNC(=O)CCCCCl)CC1. The normalized spacial score (nSPS) is 18.2. The Bertz CT molecular complexity index is 215. The summed E-state index contributed by atoms with van der Waals surface area (Å²) < 4.78 is 0. The van der Waals surface area contributed by atoms with Crippen LogP contribution in [0.25, 0.3) is 0 Å². The van der Waals surface area contributed by atoms with Crippen LogP contribution in [0.1, 0.15) is 39.0 Å². The predicted octanol–water partition coefficient (Wildman–Crippen LogP) is 2.24. The first-order chi connectivity index (χ1) is 8.22. The molecule has 0 radical (unpaired) electrons. The van der Waals surface area contributed by atoms with E-state index >= 15 is 0 Å². The van der Waals surface area contributed by atoms with Gasteiger partial charge in [0.25, 0.3) is 0 Å². The molecule has 1 amide bonds. The molecular weight excluding hydrogens is 236 g/mol. The van der Waals surface area contributed by atoms with Gasteiger partial charge in [0.15, 0.2) is 0 Å². The fourth-order valence-corrected chi connectivity index (χ4v) is 2.30. The monoisotopic (exact) mass is 260 g/mol. The molecule has 3 nitrogen and oxygen atoms in total. The zero-order valence-electron chi connectivity index (χ0n) is 10.9. The topological polar surface area (TPSA) is 32.3 Å². The quantitative estimate of drug-likeness (QED) is 0.563. The highest BCUT2D eigenvalue weighted by molar-refractivity contribution is 6.17. The van der Waals surface area contributed by atoms with Crippen molar-refractivity contribution in [1.29, 1.82) is 0 Å². The van der Waals surface area contributed by atoms with Crippen LogP contribution in [0.5, 0.6) is 0 Å². The van der Waals surface area contributed by atoms with Crippen LogP contribution in [0, 0.1) is 5.92 Å². The van der Waals surface area contributed by atoms with Crippen molar-refractivity contribution in [2.75, 3.05) is 32.1 Å². The van der Waals surface area contributed by atoms with Gasteiger partial charge in [-0.2, -0.15) is 0 Å². The number of amides is 1. The lowest BCUT2D eigenvalue weighted by Gasteiger charge is -2.30. The van der Waals surface area contributed by atoms with Gasteiger partial charge in [-0.05, 0) is 44.7 Å². The van der Waals surface area contributed by atoms with Gasteiger partial charge >= 0.3 is 0 Å². The van der Waals surface area contributed by atoms with Crippen LogP contribution in [0.15, 0.2) is 0 Å². The van der Waals surface area contributed by atoms with Crippen LogP contribution in [0.4, 0.5) is 0 Å². The van der Waals surface area contributed by atoms with Gasteiger partial charge in [0.2, 0.25) is 5.91 Å². The first-order valence-corrected chi connectivity index (χ1v) is 7.31. The number of carbonyl (C=O) groups is 1. The number of hydrogen-bond acceptors (Lipinski definition) is 2. The minimum atomic E-state index is 0.167. The minimum Gasteiger partial charge on any atom is -0.355 e. The van der Waals surface area contributed by atoms with Crippen molar-refractivity contribution >= 4 is 17.5 Å². The van der Waals surface area contributed by atoms with Gasteiger partial charge < -0.3 is 10.2 Å². The van der Waals surface area contributed by atoms with E-state index in [1.807, 2.05) is 0 Å². The molecule has 1 fully saturated rings. The minimum absolute atomic E-state index is 0.167. The van der Waals surface area contributed by atoms with Crippen molar-refractivity contribution in [3.05, 3.63) is 0 Å². The average Bonchev–Trinajstić information content (AvgIpc) is 2.32. The van der Waals surface area contributed by atoms with Crippen molar-refractivity contribution < 1.29 is 4.79 Å². The van der Waals surface area contributed by atoms with Gasteiger partial charge in [0, 0.05) is 25.4 Å². The van der Waals surface area contributed by atoms with Gasteiger partial charge in [0.1, 0.15) is 0 Å². The van der Waals surface area contributed by atoms with Crippen LogP contribution >= 0.6 is 11.6 Å². The van der Waals surface area contributed by atoms with E-state index in [0.29, 0.717) is 12.3 Å². The van der Waals surface area contributed by atoms with Crippen molar-refractivity contribution in [2.45, 2.75) is 39.0 Å². The summed E-state index contributed by atoms with van der Waals surface area (Å²) >= 11 is 5.56. The van der Waals surface area contributed by atoms with Crippen molar-refractivity contribution in [2.24, 2.45) is 5.92 Å². The van der Waals surface area contributed by atoms with Gasteiger partial charge in [-0.3, -0.25) is 4.79 Å². The van der Waals surface area contributed by atoms with E-state index in [1.54, 1.807) is 0 Å². The highest BCUT2D eigenvalue weighted by Gasteiger charge is 2.14. The zero-order chi connectivity index (χ0) is 12.5. The van der Waals surface area contributed by atoms with Crippen LogP contribution in [0.2, 0.25) is 0 Å². The number of nitrogens with zero attached hydrogens (tertiary/aromatic N) is 1. The Balaban J connectivity index is 1.97. The lowest BCUT2D eigenvalue weighted by Crippen LogP contribution is -2.39. The van der Waals surface area contributed by atoms with Crippen LogP contribution in [0.3, 0.4) is 0 Å². The fraction of sp³-hybridized carbons (Fsp3) is 0.923. The van der Waals surface area contributed by atoms with Gasteiger partial charge in [-0.15, -0.1) is 11.6 Å². The van der Waals surface area contributed by atoms with Gasteiger partial charge in [-0.25, -0.2) is 0 Å². The number of alkyl halides is 1. The van der Waals surface area contributed by atoms with Crippen LogP contribution in [-0.4, -0.2) is 42.9 Å². The molecule has 0 bridgehead atoms. The first kappa shape index (κ1) is 14.8. The Labute approximate surface area is 110 Å². The number of piperidine rings is 1. The summed E-state index contributed by atoms with van der Waals surface area (Å²) in [6.07, 6.45) is 5.03. The number of likely N-dealkylation sites (tertiary alicyclic amines) is 1. The molecule has 1 heterocycles. The summed E-state index contributed by atoms with van der Waals surface area (Å²) in [5, 5.41) is 2.98. The maximum atomic E-state index is 11.4. The zero-order valence-corrected chi connectivity index (χ0v) is 11.6. The number of nitrogens with one attached hydrogen (secondary N) is 1. The summed E-state index contributed by atoms with van der Waals surface area (Å²) in [6, 6.07) is 0. The third-order valence-corrected chi connectivity index (χ3v) is 3.68. The smallest absolute Gasteiger partial charge is 0.220 e. The number of rotatable bonds is 7. The molecule has 1 aliphatic rings. The van der Waals surface area contributed by atoms with E-state index < -0.39 is 0 Å². The summed E-state index contributed by atoms with van der Waals surface area (Å²) in [5.74, 6) is 1.69. The predicted molar refractivity (Wildman–Crippen MR) is 72.4 cm³/mol. The lowest BCUT2D eigenvalue weighted by atomic mass is 9.99. The van der Waals surface area contributed by atoms with E-state index in [2.05, 4.69) is 17.1 Å². The van der Waals surface area contributed by atoms with Gasteiger partial charge in [-0.1, -0.05) is 6.92 Å². The standard InChI is InChI=1S/C13H25ClN2O/c1-12-5-9-16(10-6-12)11-8-15-13(17)4-2-3-7-14/h12H,2-11H2,1H3,(H,15,17). The van der Waals surface area contributed by atoms with Crippen molar-refractivity contribution in [1.82, 2.24) is 10.2 Å². The van der Waals surface area contributed by atoms with Crippen LogP contribution in [-0.2, 0) is 4.79 Å². The second-order valence-electron chi connectivity index (χ2n) is 5.02. The Morgan fingerprint density at radius 1 is 1.35 bits per heavy atom. The second-order valence-corrected chi connectivity index (χ2v) is 5.40. The number of unbranched alkanes of at least 4 members (excludes halogenated alkanes) is 1. The molecule has 0 aromatic heterocycles. The maximum Gasteiger partial charge on any atom is 0.220 e. The van der Waals surface area contributed by atoms with E-state index in [-0.39, 0.29) is 5.91 Å². The molecule has 0 saturated carbocycles. The molecule has 100 valence electrons. The van der Waals surface area contributed by atoms with E-state index in [9.17, 15) is 4.79 Å². The molecular formula is C13H25ClN2O. The Morgan fingerprint density at radius 3 is 2.71 bits per heavy atom. The number of hydrogen-bond donors (Lipinski definition) is 1. The molecule has 4 heteroatoms. The molecule has 0 spiro atoms. The average molecular weight is 261 g/mol. The largest absolute Gasteiger partial charge is 0.355 e. The Morgan fingerprint density at radius 2 is 2.06 bits per heavy atom. The molecule has 0 unspecified atom stereocenters. The molecule has 0 aromatic rings. The van der Waals surface area contributed by atoms with Crippen molar-refractivity contribution in [3.8, 4) is 0 Å². The molecule has 1 N–H and O–H groups in total. The van der Waals surface area contributed by atoms with Gasteiger partial charge in [0.05, 0.1) is 0 Å². The molecule has 17 heavy (non-hydrogen) atoms. The summed E-state index contributed by atoms with van der Waals surface area (Å²) in [7, 11) is 0. The molecule has 1 saturated heterocycles. The highest BCUT2D eigenvalue weighted by Crippen LogP contribution is 2.15.